The Morgan fingerprint density at radius 3 is 2.68 bits per heavy atom. The summed E-state index contributed by atoms with van der Waals surface area (Å²) in [6.07, 6.45) is -0.452. The Kier molecular flexibility index (Phi) is 3.53. The highest BCUT2D eigenvalue weighted by molar-refractivity contribution is 9.10. The maximum Gasteiger partial charge on any atom is 0.315 e. The molecule has 104 valence electrons. The summed E-state index contributed by atoms with van der Waals surface area (Å²) in [5.41, 5.74) is -0.911. The van der Waals surface area contributed by atoms with Crippen molar-refractivity contribution in [2.75, 3.05) is 0 Å². The predicted molar refractivity (Wildman–Crippen MR) is 69.6 cm³/mol. The Bertz CT molecular complexity index is 535. The van der Waals surface area contributed by atoms with E-state index in [0.29, 0.717) is 6.42 Å². The smallest absolute Gasteiger partial charge is 0.315 e. The lowest BCUT2D eigenvalue weighted by molar-refractivity contribution is -0.386. The minimum atomic E-state index is -0.709. The molecule has 1 fully saturated rings. The second-order valence-electron chi connectivity index (χ2n) is 5.17. The number of hydrogen-bond donors (Lipinski definition) is 1. The van der Waals surface area contributed by atoms with Gasteiger partial charge in [-0.1, -0.05) is 13.8 Å². The molecule has 0 radical (unpaired) electrons. The molecule has 5 nitrogen and oxygen atoms in total. The van der Waals surface area contributed by atoms with E-state index in [1.165, 1.54) is 0 Å². The van der Waals surface area contributed by atoms with Crippen molar-refractivity contribution < 1.29 is 19.2 Å². The molecule has 0 aliphatic heterocycles. The maximum absolute atomic E-state index is 13.2. The largest absolute Gasteiger partial charge is 0.482 e. The van der Waals surface area contributed by atoms with Crippen molar-refractivity contribution in [3.05, 3.63) is 32.5 Å². The van der Waals surface area contributed by atoms with Crippen LogP contribution in [0.15, 0.2) is 16.6 Å². The number of ether oxygens (including phenoxy) is 1. The van der Waals surface area contributed by atoms with Gasteiger partial charge in [-0.05, 0) is 22.0 Å². The minimum absolute atomic E-state index is 0.00336. The predicted octanol–water partition coefficient (Wildman–Crippen LogP) is 3.03. The van der Waals surface area contributed by atoms with Gasteiger partial charge in [0.05, 0.1) is 21.6 Å². The number of nitro groups is 1. The first-order valence-corrected chi connectivity index (χ1v) is 6.51. The topological polar surface area (TPSA) is 72.6 Å². The molecular weight excluding hydrogens is 321 g/mol. The molecule has 0 saturated heterocycles. The van der Waals surface area contributed by atoms with Gasteiger partial charge >= 0.3 is 5.69 Å². The van der Waals surface area contributed by atoms with E-state index >= 15 is 0 Å². The third-order valence-corrected chi connectivity index (χ3v) is 4.16. The number of rotatable bonds is 3. The van der Waals surface area contributed by atoms with Gasteiger partial charge in [-0.25, -0.2) is 4.39 Å². The Morgan fingerprint density at radius 1 is 1.58 bits per heavy atom. The summed E-state index contributed by atoms with van der Waals surface area (Å²) in [7, 11) is 0. The molecule has 1 saturated carbocycles. The van der Waals surface area contributed by atoms with Gasteiger partial charge in [0, 0.05) is 11.8 Å². The lowest BCUT2D eigenvalue weighted by Crippen LogP contribution is -2.56. The zero-order valence-electron chi connectivity index (χ0n) is 10.4. The van der Waals surface area contributed by atoms with Crippen molar-refractivity contribution in [2.45, 2.75) is 32.5 Å². The van der Waals surface area contributed by atoms with Gasteiger partial charge in [0.1, 0.15) is 11.9 Å². The molecular formula is C12H13BrFNO4. The summed E-state index contributed by atoms with van der Waals surface area (Å²) in [6.45, 7) is 3.63. The van der Waals surface area contributed by atoms with E-state index in [2.05, 4.69) is 15.9 Å². The van der Waals surface area contributed by atoms with Crippen LogP contribution < -0.4 is 4.74 Å². The summed E-state index contributed by atoms with van der Waals surface area (Å²) in [4.78, 5) is 10.2. The first kappa shape index (κ1) is 14.2. The number of benzene rings is 1. The normalized spacial score (nSPS) is 24.7. The minimum Gasteiger partial charge on any atom is -0.482 e. The van der Waals surface area contributed by atoms with E-state index in [1.54, 1.807) is 0 Å². The van der Waals surface area contributed by atoms with Crippen LogP contribution in [-0.2, 0) is 0 Å². The molecule has 1 aromatic rings. The third kappa shape index (κ3) is 2.44. The molecule has 2 atom stereocenters. The van der Waals surface area contributed by atoms with Crippen LogP contribution in [0.4, 0.5) is 10.1 Å². The number of hydrogen-bond acceptors (Lipinski definition) is 4. The van der Waals surface area contributed by atoms with Crippen molar-refractivity contribution in [1.29, 1.82) is 0 Å². The fourth-order valence-corrected chi connectivity index (χ4v) is 2.52. The van der Waals surface area contributed by atoms with E-state index in [-0.39, 0.29) is 16.3 Å². The summed E-state index contributed by atoms with van der Waals surface area (Å²) in [6, 6.07) is 1.94. The SMILES string of the molecule is CC1(C)C(O)CC1Oc1c(Br)cc(F)cc1[N+](=O)[O-]. The van der Waals surface area contributed by atoms with Crippen molar-refractivity contribution in [2.24, 2.45) is 5.41 Å². The zero-order valence-corrected chi connectivity index (χ0v) is 12.0. The average molecular weight is 334 g/mol. The van der Waals surface area contributed by atoms with Crippen LogP contribution in [0.1, 0.15) is 20.3 Å². The first-order valence-electron chi connectivity index (χ1n) is 5.71. The average Bonchev–Trinajstić information content (AvgIpc) is 2.30. The molecule has 0 bridgehead atoms. The molecule has 1 aliphatic rings. The summed E-state index contributed by atoms with van der Waals surface area (Å²) in [5.74, 6) is -0.713. The Hall–Kier alpha value is -1.21. The highest BCUT2D eigenvalue weighted by Crippen LogP contribution is 2.46. The molecule has 1 aliphatic carbocycles. The Labute approximate surface area is 117 Å². The van der Waals surface area contributed by atoms with Crippen LogP contribution in [0.3, 0.4) is 0 Å². The molecule has 1 N–H and O–H groups in total. The Balaban J connectivity index is 2.33. The van der Waals surface area contributed by atoms with Crippen LogP contribution in [0.25, 0.3) is 0 Å². The van der Waals surface area contributed by atoms with Gasteiger partial charge in [0.15, 0.2) is 0 Å². The van der Waals surface area contributed by atoms with Crippen molar-refractivity contribution in [1.82, 2.24) is 0 Å². The van der Waals surface area contributed by atoms with Crippen molar-refractivity contribution in [3.8, 4) is 5.75 Å². The van der Waals surface area contributed by atoms with Crippen LogP contribution in [0, 0.1) is 21.3 Å². The zero-order chi connectivity index (χ0) is 14.4. The lowest BCUT2D eigenvalue weighted by Gasteiger charge is -2.48. The van der Waals surface area contributed by atoms with Crippen LogP contribution in [-0.4, -0.2) is 22.2 Å². The van der Waals surface area contributed by atoms with E-state index in [9.17, 15) is 19.6 Å². The second kappa shape index (κ2) is 4.72. The van der Waals surface area contributed by atoms with E-state index in [1.807, 2.05) is 13.8 Å². The molecule has 19 heavy (non-hydrogen) atoms. The number of nitrogens with zero attached hydrogens (tertiary/aromatic N) is 1. The molecule has 0 aromatic heterocycles. The summed E-state index contributed by atoms with van der Waals surface area (Å²) < 4.78 is 19.0. The highest BCUT2D eigenvalue weighted by atomic mass is 79.9. The van der Waals surface area contributed by atoms with E-state index in [0.717, 1.165) is 12.1 Å². The number of aliphatic hydroxyl groups is 1. The van der Waals surface area contributed by atoms with Gasteiger partial charge in [-0.2, -0.15) is 0 Å². The molecule has 0 spiro atoms. The Morgan fingerprint density at radius 2 is 2.21 bits per heavy atom. The van der Waals surface area contributed by atoms with E-state index < -0.39 is 27.9 Å². The highest BCUT2D eigenvalue weighted by Gasteiger charge is 2.50. The first-order chi connectivity index (χ1) is 8.73. The van der Waals surface area contributed by atoms with Gasteiger partial charge < -0.3 is 9.84 Å². The summed E-state index contributed by atoms with van der Waals surface area (Å²) >= 11 is 3.07. The maximum atomic E-state index is 13.2. The number of halogens is 2. The van der Waals surface area contributed by atoms with Gasteiger partial charge in [0.25, 0.3) is 0 Å². The molecule has 1 aromatic carbocycles. The fraction of sp³-hybridized carbons (Fsp3) is 0.500. The monoisotopic (exact) mass is 333 g/mol. The summed E-state index contributed by atoms with van der Waals surface area (Å²) in [5, 5.41) is 20.6. The van der Waals surface area contributed by atoms with Crippen LogP contribution in [0.2, 0.25) is 0 Å². The van der Waals surface area contributed by atoms with Crippen LogP contribution in [0.5, 0.6) is 5.75 Å². The molecule has 0 amide bonds. The van der Waals surface area contributed by atoms with Crippen molar-refractivity contribution in [3.63, 3.8) is 0 Å². The molecule has 2 unspecified atom stereocenters. The van der Waals surface area contributed by atoms with Gasteiger partial charge in [-0.3, -0.25) is 10.1 Å². The fourth-order valence-electron chi connectivity index (χ4n) is 2.01. The van der Waals surface area contributed by atoms with Gasteiger partial charge in [-0.15, -0.1) is 0 Å². The molecule has 7 heteroatoms. The van der Waals surface area contributed by atoms with Crippen molar-refractivity contribution >= 4 is 21.6 Å². The molecule has 2 rings (SSSR count). The van der Waals surface area contributed by atoms with E-state index in [4.69, 9.17) is 4.74 Å². The third-order valence-electron chi connectivity index (χ3n) is 3.57. The molecule has 0 heterocycles. The standard InChI is InChI=1S/C12H13BrFNO4/c1-12(2)9(16)5-10(12)19-11-7(13)3-6(14)4-8(11)15(17)18/h3-4,9-10,16H,5H2,1-2H3. The number of nitro benzene ring substituents is 1. The lowest BCUT2D eigenvalue weighted by atomic mass is 9.66. The number of aliphatic hydroxyl groups excluding tert-OH is 1. The quantitative estimate of drug-likeness (QED) is 0.681. The van der Waals surface area contributed by atoms with Gasteiger partial charge in [0.2, 0.25) is 5.75 Å². The van der Waals surface area contributed by atoms with Crippen LogP contribution >= 0.6 is 15.9 Å². The second-order valence-corrected chi connectivity index (χ2v) is 6.03.